The van der Waals surface area contributed by atoms with Crippen LogP contribution in [-0.2, 0) is 9.59 Å². The lowest BCUT2D eigenvalue weighted by atomic mass is 9.79. The van der Waals surface area contributed by atoms with Crippen LogP contribution in [0.1, 0.15) is 89.9 Å². The molecular formula is C26H44N4O2. The van der Waals surface area contributed by atoms with Gasteiger partial charge in [0.05, 0.1) is 0 Å². The van der Waals surface area contributed by atoms with Crippen molar-refractivity contribution in [3.8, 4) is 0 Å². The maximum absolute atomic E-state index is 12.8. The van der Waals surface area contributed by atoms with Gasteiger partial charge in [-0.05, 0) is 103 Å². The first-order valence-corrected chi connectivity index (χ1v) is 13.7. The number of carbonyl (C=O) groups is 2. The molecule has 6 nitrogen and oxygen atoms in total. The van der Waals surface area contributed by atoms with Crippen molar-refractivity contribution >= 4 is 11.8 Å². The fourth-order valence-corrected chi connectivity index (χ4v) is 6.83. The Hall–Kier alpha value is -1.14. The van der Waals surface area contributed by atoms with Crippen LogP contribution in [-0.4, -0.2) is 72.0 Å². The Bertz CT molecular complexity index is 582. The normalized spacial score (nSPS) is 38.9. The van der Waals surface area contributed by atoms with Crippen molar-refractivity contribution in [3.05, 3.63) is 0 Å². The summed E-state index contributed by atoms with van der Waals surface area (Å²) in [5, 5.41) is 6.63. The summed E-state index contributed by atoms with van der Waals surface area (Å²) in [5.74, 6) is 0.712. The van der Waals surface area contributed by atoms with E-state index in [1.807, 2.05) is 0 Å². The van der Waals surface area contributed by atoms with E-state index in [-0.39, 0.29) is 23.7 Å². The largest absolute Gasteiger partial charge is 0.353 e. The zero-order valence-electron chi connectivity index (χ0n) is 19.9. The zero-order chi connectivity index (χ0) is 21.9. The predicted octanol–water partition coefficient (Wildman–Crippen LogP) is 3.06. The number of rotatable bonds is 6. The number of piperidine rings is 2. The first-order valence-electron chi connectivity index (χ1n) is 13.7. The van der Waals surface area contributed by atoms with Crippen molar-refractivity contribution in [1.29, 1.82) is 0 Å². The molecule has 6 heteroatoms. The van der Waals surface area contributed by atoms with Crippen molar-refractivity contribution in [2.75, 3.05) is 26.2 Å². The highest BCUT2D eigenvalue weighted by molar-refractivity contribution is 5.81. The summed E-state index contributed by atoms with van der Waals surface area (Å²) in [7, 11) is 0. The highest BCUT2D eigenvalue weighted by Crippen LogP contribution is 2.33. The Labute approximate surface area is 194 Å². The molecule has 0 unspecified atom stereocenters. The molecule has 180 valence electrons. The van der Waals surface area contributed by atoms with E-state index in [1.165, 1.54) is 64.7 Å². The van der Waals surface area contributed by atoms with Crippen LogP contribution in [0.3, 0.4) is 0 Å². The van der Waals surface area contributed by atoms with Gasteiger partial charge in [-0.25, -0.2) is 0 Å². The molecule has 0 radical (unpaired) electrons. The van der Waals surface area contributed by atoms with Gasteiger partial charge in [0.15, 0.2) is 0 Å². The van der Waals surface area contributed by atoms with E-state index < -0.39 is 0 Å². The summed E-state index contributed by atoms with van der Waals surface area (Å²) in [6, 6.07) is 2.14. The molecule has 5 aliphatic rings. The topological polar surface area (TPSA) is 64.7 Å². The first-order chi connectivity index (χ1) is 15.7. The van der Waals surface area contributed by atoms with Gasteiger partial charge in [-0.2, -0.15) is 0 Å². The molecule has 5 fully saturated rings. The summed E-state index contributed by atoms with van der Waals surface area (Å²) in [5.41, 5.74) is 0. The molecule has 0 aromatic heterocycles. The van der Waals surface area contributed by atoms with Crippen LogP contribution in [0.5, 0.6) is 0 Å². The SMILES string of the molecule is O=C(NC1CC(N2CCCCC2)C1)C1CCC(C(=O)NC2CC(N3CCCCC3)C2)CC1. The molecule has 0 spiro atoms. The lowest BCUT2D eigenvalue weighted by molar-refractivity contribution is -0.132. The number of nitrogens with one attached hydrogen (secondary N) is 2. The van der Waals surface area contributed by atoms with E-state index >= 15 is 0 Å². The lowest BCUT2D eigenvalue weighted by Gasteiger charge is -2.45. The Morgan fingerprint density at radius 2 is 0.875 bits per heavy atom. The molecule has 2 aliphatic heterocycles. The maximum atomic E-state index is 12.8. The molecular weight excluding hydrogens is 400 g/mol. The van der Waals surface area contributed by atoms with Crippen molar-refractivity contribution in [1.82, 2.24) is 20.4 Å². The Morgan fingerprint density at radius 1 is 0.531 bits per heavy atom. The van der Waals surface area contributed by atoms with Crippen LogP contribution < -0.4 is 10.6 Å². The van der Waals surface area contributed by atoms with E-state index in [0.717, 1.165) is 51.4 Å². The van der Waals surface area contributed by atoms with Crippen molar-refractivity contribution < 1.29 is 9.59 Å². The Balaban J connectivity index is 0.959. The van der Waals surface area contributed by atoms with Gasteiger partial charge < -0.3 is 20.4 Å². The van der Waals surface area contributed by atoms with E-state index in [9.17, 15) is 9.59 Å². The van der Waals surface area contributed by atoms with E-state index in [1.54, 1.807) is 0 Å². The number of amides is 2. The van der Waals surface area contributed by atoms with Crippen LogP contribution >= 0.6 is 0 Å². The fourth-order valence-electron chi connectivity index (χ4n) is 6.83. The number of hydrogen-bond donors (Lipinski definition) is 2. The third-order valence-electron chi connectivity index (χ3n) is 9.20. The minimum Gasteiger partial charge on any atom is -0.353 e. The van der Waals surface area contributed by atoms with E-state index in [2.05, 4.69) is 20.4 Å². The minimum absolute atomic E-state index is 0.111. The van der Waals surface area contributed by atoms with Crippen LogP contribution in [0, 0.1) is 11.8 Å². The van der Waals surface area contributed by atoms with E-state index in [4.69, 9.17) is 0 Å². The molecule has 0 aromatic rings. The van der Waals surface area contributed by atoms with Gasteiger partial charge in [0, 0.05) is 36.0 Å². The summed E-state index contributed by atoms with van der Waals surface area (Å²) in [6.07, 6.45) is 16.1. The van der Waals surface area contributed by atoms with Gasteiger partial charge in [0.1, 0.15) is 0 Å². The first kappa shape index (κ1) is 22.6. The summed E-state index contributed by atoms with van der Waals surface area (Å²) in [4.78, 5) is 30.8. The summed E-state index contributed by atoms with van der Waals surface area (Å²) in [6.45, 7) is 4.99. The molecule has 0 atom stereocenters. The lowest BCUT2D eigenvalue weighted by Crippen LogP contribution is -2.56. The Morgan fingerprint density at radius 3 is 1.22 bits per heavy atom. The van der Waals surface area contributed by atoms with Crippen LogP contribution in [0.25, 0.3) is 0 Å². The smallest absolute Gasteiger partial charge is 0.223 e. The molecule has 2 amide bonds. The molecule has 0 aromatic carbocycles. The zero-order valence-corrected chi connectivity index (χ0v) is 19.9. The van der Waals surface area contributed by atoms with Gasteiger partial charge in [-0.1, -0.05) is 12.8 Å². The Kier molecular flexibility index (Phi) is 7.37. The van der Waals surface area contributed by atoms with Crippen molar-refractivity contribution in [2.24, 2.45) is 11.8 Å². The molecule has 0 bridgehead atoms. The highest BCUT2D eigenvalue weighted by Gasteiger charge is 2.39. The highest BCUT2D eigenvalue weighted by atomic mass is 16.2. The second kappa shape index (κ2) is 10.4. The molecule has 3 saturated carbocycles. The number of hydrogen-bond acceptors (Lipinski definition) is 4. The van der Waals surface area contributed by atoms with E-state index in [0.29, 0.717) is 24.2 Å². The molecule has 5 rings (SSSR count). The number of nitrogens with zero attached hydrogens (tertiary/aromatic N) is 2. The van der Waals surface area contributed by atoms with Crippen molar-refractivity contribution in [2.45, 2.75) is 114 Å². The molecule has 32 heavy (non-hydrogen) atoms. The van der Waals surface area contributed by atoms with Crippen LogP contribution in [0.2, 0.25) is 0 Å². The van der Waals surface area contributed by atoms with Gasteiger partial charge in [0.25, 0.3) is 0 Å². The van der Waals surface area contributed by atoms with Gasteiger partial charge in [0.2, 0.25) is 11.8 Å². The average Bonchev–Trinajstić information content (AvgIpc) is 2.79. The van der Waals surface area contributed by atoms with Crippen LogP contribution in [0.4, 0.5) is 0 Å². The van der Waals surface area contributed by atoms with Gasteiger partial charge in [-0.3, -0.25) is 9.59 Å². The van der Waals surface area contributed by atoms with Gasteiger partial charge >= 0.3 is 0 Å². The standard InChI is InChI=1S/C26H44N4O2/c31-25(27-21-15-23(16-21)29-11-3-1-4-12-29)19-7-9-20(10-8-19)26(32)28-22-17-24(18-22)30-13-5-2-6-14-30/h19-24H,1-18H2,(H,27,31)(H,28,32). The molecule has 3 aliphatic carbocycles. The molecule has 2 saturated heterocycles. The molecule has 2 heterocycles. The second-order valence-corrected chi connectivity index (χ2v) is 11.4. The maximum Gasteiger partial charge on any atom is 0.223 e. The number of carbonyl (C=O) groups excluding carboxylic acids is 2. The molecule has 2 N–H and O–H groups in total. The minimum atomic E-state index is 0.111. The fraction of sp³-hybridized carbons (Fsp3) is 0.923. The quantitative estimate of drug-likeness (QED) is 0.661. The predicted molar refractivity (Wildman–Crippen MR) is 126 cm³/mol. The van der Waals surface area contributed by atoms with Crippen LogP contribution in [0.15, 0.2) is 0 Å². The monoisotopic (exact) mass is 444 g/mol. The van der Waals surface area contributed by atoms with Gasteiger partial charge in [-0.15, -0.1) is 0 Å². The second-order valence-electron chi connectivity index (χ2n) is 11.4. The number of likely N-dealkylation sites (tertiary alicyclic amines) is 2. The summed E-state index contributed by atoms with van der Waals surface area (Å²) < 4.78 is 0. The van der Waals surface area contributed by atoms with Crippen molar-refractivity contribution in [3.63, 3.8) is 0 Å². The third kappa shape index (κ3) is 5.32. The third-order valence-corrected chi connectivity index (χ3v) is 9.20. The average molecular weight is 445 g/mol. The summed E-state index contributed by atoms with van der Waals surface area (Å²) >= 11 is 0.